The SMILES string of the molecule is CCC[CH2][Sn]([CH2]CCC)([CH2]CCC)[C@H](OC(=S)N(C)C)C1COC(C)(C)O1. The Balaban J connectivity index is 3.23. The van der Waals surface area contributed by atoms with Gasteiger partial charge in [-0.2, -0.15) is 0 Å². The second kappa shape index (κ2) is 12.2. The van der Waals surface area contributed by atoms with E-state index in [0.717, 1.165) is 0 Å². The van der Waals surface area contributed by atoms with Gasteiger partial charge in [0.2, 0.25) is 0 Å². The van der Waals surface area contributed by atoms with Gasteiger partial charge in [0, 0.05) is 0 Å². The first kappa shape index (κ1) is 25.4. The van der Waals surface area contributed by atoms with Gasteiger partial charge >= 0.3 is 178 Å². The molecule has 1 heterocycles. The first-order chi connectivity index (χ1) is 12.7. The molecule has 1 rings (SSSR count). The van der Waals surface area contributed by atoms with Gasteiger partial charge < -0.3 is 0 Å². The van der Waals surface area contributed by atoms with Crippen molar-refractivity contribution in [3.8, 4) is 0 Å². The number of hydrogen-bond acceptors (Lipinski definition) is 4. The molecule has 1 unspecified atom stereocenters. The van der Waals surface area contributed by atoms with Gasteiger partial charge in [-0.1, -0.05) is 0 Å². The molecular formula is C21H43NO3SSn. The van der Waals surface area contributed by atoms with E-state index in [-0.39, 0.29) is 10.2 Å². The molecule has 0 bridgehead atoms. The van der Waals surface area contributed by atoms with E-state index in [0.29, 0.717) is 11.8 Å². The number of unbranched alkanes of at least 4 members (excludes halogenated alkanes) is 3. The van der Waals surface area contributed by atoms with Crippen molar-refractivity contribution in [2.45, 2.75) is 102 Å². The summed E-state index contributed by atoms with van der Waals surface area (Å²) in [6.07, 6.45) is 7.65. The summed E-state index contributed by atoms with van der Waals surface area (Å²) in [6.45, 7) is 11.5. The van der Waals surface area contributed by atoms with Crippen molar-refractivity contribution in [1.29, 1.82) is 0 Å². The Labute approximate surface area is 177 Å². The Bertz CT molecular complexity index is 423. The molecule has 0 aromatic heterocycles. The molecule has 2 atom stereocenters. The van der Waals surface area contributed by atoms with Gasteiger partial charge in [-0.15, -0.1) is 0 Å². The molecule has 0 spiro atoms. The fourth-order valence-electron chi connectivity index (χ4n) is 4.06. The number of thiocarbonyl (C=S) groups is 1. The molecule has 1 aliphatic heterocycles. The first-order valence-corrected chi connectivity index (χ1v) is 19.0. The average Bonchev–Trinajstić information content (AvgIpc) is 2.98. The third kappa shape index (κ3) is 7.98. The van der Waals surface area contributed by atoms with Crippen LogP contribution in [0.2, 0.25) is 13.3 Å². The maximum atomic E-state index is 6.59. The minimum absolute atomic E-state index is 0.0132. The quantitative estimate of drug-likeness (QED) is 0.247. The van der Waals surface area contributed by atoms with Crippen LogP contribution in [0, 0.1) is 0 Å². The molecule has 1 saturated heterocycles. The fraction of sp³-hybridized carbons (Fsp3) is 0.952. The molecule has 0 radical (unpaired) electrons. The maximum absolute atomic E-state index is 6.59. The van der Waals surface area contributed by atoms with Crippen molar-refractivity contribution < 1.29 is 14.2 Å². The van der Waals surface area contributed by atoms with Crippen molar-refractivity contribution in [2.75, 3.05) is 20.7 Å². The summed E-state index contributed by atoms with van der Waals surface area (Å²) in [7, 11) is 3.94. The third-order valence-electron chi connectivity index (χ3n) is 5.65. The summed E-state index contributed by atoms with van der Waals surface area (Å²) in [6, 6.07) is 0. The van der Waals surface area contributed by atoms with E-state index >= 15 is 0 Å². The molecule has 4 nitrogen and oxygen atoms in total. The van der Waals surface area contributed by atoms with E-state index < -0.39 is 24.2 Å². The van der Waals surface area contributed by atoms with Crippen LogP contribution in [0.3, 0.4) is 0 Å². The number of ether oxygens (including phenoxy) is 3. The molecular weight excluding hydrogens is 465 g/mol. The third-order valence-corrected chi connectivity index (χ3v) is 22.5. The van der Waals surface area contributed by atoms with E-state index in [9.17, 15) is 0 Å². The van der Waals surface area contributed by atoms with Crippen LogP contribution < -0.4 is 0 Å². The molecule has 0 amide bonds. The molecule has 0 aliphatic carbocycles. The van der Waals surface area contributed by atoms with Gasteiger partial charge in [0.25, 0.3) is 0 Å². The van der Waals surface area contributed by atoms with Crippen molar-refractivity contribution in [2.24, 2.45) is 0 Å². The fourth-order valence-corrected chi connectivity index (χ4v) is 21.8. The van der Waals surface area contributed by atoms with Gasteiger partial charge in [-0.3, -0.25) is 0 Å². The van der Waals surface area contributed by atoms with Crippen LogP contribution in [0.1, 0.15) is 73.1 Å². The summed E-state index contributed by atoms with van der Waals surface area (Å²) >= 11 is 2.88. The van der Waals surface area contributed by atoms with Crippen LogP contribution in [0.25, 0.3) is 0 Å². The molecule has 0 aromatic rings. The molecule has 1 aliphatic rings. The average molecular weight is 508 g/mol. The van der Waals surface area contributed by atoms with Gasteiger partial charge in [-0.05, 0) is 0 Å². The molecule has 6 heteroatoms. The number of nitrogens with zero attached hydrogens (tertiary/aromatic N) is 1. The van der Waals surface area contributed by atoms with Crippen LogP contribution >= 0.6 is 12.2 Å². The summed E-state index contributed by atoms with van der Waals surface area (Å²) in [5.41, 5.74) is 0. The van der Waals surface area contributed by atoms with Gasteiger partial charge in [0.1, 0.15) is 0 Å². The van der Waals surface area contributed by atoms with Crippen molar-refractivity contribution >= 4 is 35.8 Å². The Morgan fingerprint density at radius 3 is 1.89 bits per heavy atom. The zero-order chi connectivity index (χ0) is 20.5. The zero-order valence-electron chi connectivity index (χ0n) is 18.8. The van der Waals surface area contributed by atoms with Crippen molar-refractivity contribution in [3.63, 3.8) is 0 Å². The van der Waals surface area contributed by atoms with Crippen LogP contribution in [0.5, 0.6) is 0 Å². The Kier molecular flexibility index (Phi) is 11.5. The predicted octanol–water partition coefficient (Wildman–Crippen LogP) is 5.76. The summed E-state index contributed by atoms with van der Waals surface area (Å²) in [4.78, 5) is 1.92. The van der Waals surface area contributed by atoms with Gasteiger partial charge in [-0.25, -0.2) is 0 Å². The molecule has 0 aromatic carbocycles. The van der Waals surface area contributed by atoms with Crippen LogP contribution in [-0.4, -0.2) is 65.2 Å². The molecule has 1 fully saturated rings. The van der Waals surface area contributed by atoms with Crippen LogP contribution in [0.15, 0.2) is 0 Å². The summed E-state index contributed by atoms with van der Waals surface area (Å²) < 4.78 is 23.2. The Hall–Kier alpha value is 0.409. The van der Waals surface area contributed by atoms with Crippen molar-refractivity contribution in [1.82, 2.24) is 4.90 Å². The predicted molar refractivity (Wildman–Crippen MR) is 121 cm³/mol. The summed E-state index contributed by atoms with van der Waals surface area (Å²) in [5, 5.41) is 0.596. The second-order valence-corrected chi connectivity index (χ2v) is 22.8. The molecule has 0 saturated carbocycles. The molecule has 0 N–H and O–H groups in total. The van der Waals surface area contributed by atoms with Crippen LogP contribution in [-0.2, 0) is 14.2 Å². The summed E-state index contributed by atoms with van der Waals surface area (Å²) in [5.74, 6) is -0.524. The standard InChI is InChI=1S/C9H16NO3S.3C4H9.Sn/c1-9(2)12-6-7(13-9)5-11-8(14)10(3)4;3*1-3-4-2;/h5,7H,6H2,1-4H3;3*1,3-4H2,2H3;. The van der Waals surface area contributed by atoms with E-state index in [2.05, 4.69) is 20.8 Å². The topological polar surface area (TPSA) is 30.9 Å². The zero-order valence-corrected chi connectivity index (χ0v) is 22.5. The van der Waals surface area contributed by atoms with E-state index in [1.807, 2.05) is 32.8 Å². The first-order valence-electron chi connectivity index (χ1n) is 10.9. The second-order valence-electron chi connectivity index (χ2n) is 8.74. The van der Waals surface area contributed by atoms with E-state index in [4.69, 9.17) is 26.4 Å². The Morgan fingerprint density at radius 1 is 1.07 bits per heavy atom. The van der Waals surface area contributed by atoms with Crippen LogP contribution in [0.4, 0.5) is 0 Å². The number of hydrogen-bond donors (Lipinski definition) is 0. The minimum atomic E-state index is -2.71. The van der Waals surface area contributed by atoms with Gasteiger partial charge in [0.15, 0.2) is 0 Å². The van der Waals surface area contributed by atoms with Crippen molar-refractivity contribution in [3.05, 3.63) is 0 Å². The normalized spacial score (nSPS) is 20.5. The molecule has 27 heavy (non-hydrogen) atoms. The molecule has 160 valence electrons. The Morgan fingerprint density at radius 2 is 1.56 bits per heavy atom. The van der Waals surface area contributed by atoms with E-state index in [1.54, 1.807) is 0 Å². The monoisotopic (exact) mass is 509 g/mol. The van der Waals surface area contributed by atoms with Gasteiger partial charge in [0.05, 0.1) is 0 Å². The van der Waals surface area contributed by atoms with E-state index in [1.165, 1.54) is 51.8 Å². The number of rotatable bonds is 12.